The second kappa shape index (κ2) is 5.66. The highest BCUT2D eigenvalue weighted by molar-refractivity contribution is 6.31. The molecule has 1 aromatic carbocycles. The van der Waals surface area contributed by atoms with Crippen LogP contribution in [0.5, 0.6) is 0 Å². The minimum Gasteiger partial charge on any atom is -0.391 e. The molecule has 116 valence electrons. The largest absolute Gasteiger partial charge is 0.391 e. The Labute approximate surface area is 130 Å². The van der Waals surface area contributed by atoms with Crippen LogP contribution in [0.15, 0.2) is 22.7 Å². The molecular formula is C14H13ClFN3O3. The van der Waals surface area contributed by atoms with Gasteiger partial charge in [0.05, 0.1) is 6.10 Å². The summed E-state index contributed by atoms with van der Waals surface area (Å²) in [4.78, 5) is 18.1. The van der Waals surface area contributed by atoms with Crippen LogP contribution in [0.25, 0.3) is 0 Å². The molecule has 0 aliphatic carbocycles. The Bertz CT molecular complexity index is 701. The highest BCUT2D eigenvalue weighted by atomic mass is 35.5. The topological polar surface area (TPSA) is 79.5 Å². The SMILES string of the molecule is Cc1noc([C@H]2C[C@@H](O)CN2C(=O)c2cc(F)cc(Cl)c2)n1. The monoisotopic (exact) mass is 325 g/mol. The van der Waals surface area contributed by atoms with Crippen molar-refractivity contribution in [2.24, 2.45) is 0 Å². The number of halogens is 2. The number of hydrogen-bond acceptors (Lipinski definition) is 5. The smallest absolute Gasteiger partial charge is 0.254 e. The molecule has 0 spiro atoms. The Balaban J connectivity index is 1.92. The van der Waals surface area contributed by atoms with Gasteiger partial charge in [0.2, 0.25) is 5.89 Å². The number of likely N-dealkylation sites (tertiary alicyclic amines) is 1. The van der Waals surface area contributed by atoms with E-state index in [0.717, 1.165) is 12.1 Å². The Hall–Kier alpha value is -1.99. The van der Waals surface area contributed by atoms with Crippen molar-refractivity contribution in [2.45, 2.75) is 25.5 Å². The van der Waals surface area contributed by atoms with Crippen molar-refractivity contribution in [2.75, 3.05) is 6.54 Å². The van der Waals surface area contributed by atoms with Gasteiger partial charge in [0, 0.05) is 23.6 Å². The van der Waals surface area contributed by atoms with Crippen LogP contribution >= 0.6 is 11.6 Å². The van der Waals surface area contributed by atoms with Crippen LogP contribution in [-0.2, 0) is 0 Å². The first-order valence-corrected chi connectivity index (χ1v) is 7.07. The van der Waals surface area contributed by atoms with Gasteiger partial charge in [0.1, 0.15) is 11.9 Å². The second-order valence-electron chi connectivity index (χ2n) is 5.20. The number of β-amino-alcohol motifs (C(OH)–C–C–N with tert-alkyl or cyclic N) is 1. The molecule has 1 aliphatic rings. The first-order valence-electron chi connectivity index (χ1n) is 6.69. The van der Waals surface area contributed by atoms with Gasteiger partial charge in [-0.1, -0.05) is 16.8 Å². The average molecular weight is 326 g/mol. The first-order chi connectivity index (χ1) is 10.4. The highest BCUT2D eigenvalue weighted by Crippen LogP contribution is 2.32. The lowest BCUT2D eigenvalue weighted by atomic mass is 10.1. The summed E-state index contributed by atoms with van der Waals surface area (Å²) in [5, 5.41) is 13.7. The van der Waals surface area contributed by atoms with Gasteiger partial charge >= 0.3 is 0 Å². The summed E-state index contributed by atoms with van der Waals surface area (Å²) in [5.41, 5.74) is 0.111. The van der Waals surface area contributed by atoms with Crippen molar-refractivity contribution in [3.63, 3.8) is 0 Å². The number of aliphatic hydroxyl groups is 1. The summed E-state index contributed by atoms with van der Waals surface area (Å²) in [5.74, 6) is -0.345. The van der Waals surface area contributed by atoms with Gasteiger partial charge in [0.25, 0.3) is 5.91 Å². The third-order valence-electron chi connectivity index (χ3n) is 3.48. The third-order valence-corrected chi connectivity index (χ3v) is 3.70. The fourth-order valence-corrected chi connectivity index (χ4v) is 2.79. The average Bonchev–Trinajstić information content (AvgIpc) is 3.02. The molecule has 2 atom stereocenters. The summed E-state index contributed by atoms with van der Waals surface area (Å²) in [6, 6.07) is 3.07. The van der Waals surface area contributed by atoms with Crippen molar-refractivity contribution in [3.05, 3.63) is 46.3 Å². The van der Waals surface area contributed by atoms with E-state index in [9.17, 15) is 14.3 Å². The maximum Gasteiger partial charge on any atom is 0.254 e. The number of benzene rings is 1. The number of carbonyl (C=O) groups is 1. The lowest BCUT2D eigenvalue weighted by Gasteiger charge is -2.21. The van der Waals surface area contributed by atoms with Crippen LogP contribution in [0.3, 0.4) is 0 Å². The molecule has 0 radical (unpaired) electrons. The molecule has 0 bridgehead atoms. The molecule has 6 nitrogen and oxygen atoms in total. The van der Waals surface area contributed by atoms with Crippen molar-refractivity contribution in [3.8, 4) is 0 Å². The highest BCUT2D eigenvalue weighted by Gasteiger charge is 2.39. The number of rotatable bonds is 2. The predicted molar refractivity (Wildman–Crippen MR) is 74.8 cm³/mol. The van der Waals surface area contributed by atoms with E-state index in [4.69, 9.17) is 16.1 Å². The van der Waals surface area contributed by atoms with E-state index < -0.39 is 23.9 Å². The van der Waals surface area contributed by atoms with Gasteiger partial charge in [-0.05, 0) is 25.1 Å². The van der Waals surface area contributed by atoms with Gasteiger partial charge in [-0.2, -0.15) is 4.98 Å². The normalized spacial score (nSPS) is 21.4. The van der Waals surface area contributed by atoms with E-state index in [1.807, 2.05) is 0 Å². The maximum absolute atomic E-state index is 13.4. The van der Waals surface area contributed by atoms with Gasteiger partial charge < -0.3 is 14.5 Å². The fraction of sp³-hybridized carbons (Fsp3) is 0.357. The zero-order chi connectivity index (χ0) is 15.9. The summed E-state index contributed by atoms with van der Waals surface area (Å²) in [7, 11) is 0. The van der Waals surface area contributed by atoms with Crippen LogP contribution in [0.1, 0.15) is 34.5 Å². The van der Waals surface area contributed by atoms with Gasteiger partial charge in [-0.3, -0.25) is 4.79 Å². The Morgan fingerprint density at radius 2 is 2.27 bits per heavy atom. The fourth-order valence-electron chi connectivity index (χ4n) is 2.56. The van der Waals surface area contributed by atoms with Gasteiger partial charge in [0.15, 0.2) is 5.82 Å². The molecule has 2 aromatic rings. The molecule has 1 aliphatic heterocycles. The number of amides is 1. The Morgan fingerprint density at radius 1 is 1.50 bits per heavy atom. The third kappa shape index (κ3) is 2.82. The lowest BCUT2D eigenvalue weighted by Crippen LogP contribution is -2.32. The molecule has 1 aromatic heterocycles. The first kappa shape index (κ1) is 14.9. The summed E-state index contributed by atoms with van der Waals surface area (Å²) < 4.78 is 18.5. The molecule has 8 heteroatoms. The van der Waals surface area contributed by atoms with Crippen LogP contribution in [0.4, 0.5) is 4.39 Å². The number of aryl methyl sites for hydroxylation is 1. The number of aromatic nitrogens is 2. The molecule has 1 amide bonds. The van der Waals surface area contributed by atoms with Crippen LogP contribution in [-0.4, -0.2) is 38.7 Å². The van der Waals surface area contributed by atoms with E-state index in [0.29, 0.717) is 5.82 Å². The van der Waals surface area contributed by atoms with Gasteiger partial charge in [-0.15, -0.1) is 0 Å². The molecule has 22 heavy (non-hydrogen) atoms. The zero-order valence-electron chi connectivity index (χ0n) is 11.7. The number of aliphatic hydroxyl groups excluding tert-OH is 1. The van der Waals surface area contributed by atoms with Crippen LogP contribution < -0.4 is 0 Å². The summed E-state index contributed by atoms with van der Waals surface area (Å²) in [6.07, 6.45) is -0.415. The predicted octanol–water partition coefficient (Wildman–Crippen LogP) is 2.12. The Morgan fingerprint density at radius 3 is 2.91 bits per heavy atom. The number of nitrogens with zero attached hydrogens (tertiary/aromatic N) is 3. The van der Waals surface area contributed by atoms with E-state index in [-0.39, 0.29) is 29.4 Å². The van der Waals surface area contributed by atoms with E-state index in [2.05, 4.69) is 10.1 Å². The van der Waals surface area contributed by atoms with Crippen LogP contribution in [0, 0.1) is 12.7 Å². The maximum atomic E-state index is 13.4. The Kier molecular flexibility index (Phi) is 3.84. The molecular weight excluding hydrogens is 313 g/mol. The van der Waals surface area contributed by atoms with E-state index >= 15 is 0 Å². The van der Waals surface area contributed by atoms with Gasteiger partial charge in [-0.25, -0.2) is 4.39 Å². The quantitative estimate of drug-likeness (QED) is 0.915. The second-order valence-corrected chi connectivity index (χ2v) is 5.64. The molecule has 0 unspecified atom stereocenters. The standard InChI is InChI=1S/C14H13ClFN3O3/c1-7-17-13(22-18-7)12-5-11(20)6-19(12)14(21)8-2-9(15)4-10(16)3-8/h2-4,11-12,20H,5-6H2,1H3/t11-,12-/m1/s1. The minimum atomic E-state index is -0.704. The zero-order valence-corrected chi connectivity index (χ0v) is 12.4. The van der Waals surface area contributed by atoms with Crippen molar-refractivity contribution in [1.29, 1.82) is 0 Å². The van der Waals surface area contributed by atoms with Crippen molar-refractivity contribution in [1.82, 2.24) is 15.0 Å². The minimum absolute atomic E-state index is 0.110. The molecule has 2 heterocycles. The van der Waals surface area contributed by atoms with E-state index in [1.165, 1.54) is 11.0 Å². The molecule has 3 rings (SSSR count). The number of hydrogen-bond donors (Lipinski definition) is 1. The molecule has 1 N–H and O–H groups in total. The summed E-state index contributed by atoms with van der Waals surface area (Å²) >= 11 is 5.79. The molecule has 1 saturated heterocycles. The number of carbonyl (C=O) groups excluding carboxylic acids is 1. The lowest BCUT2D eigenvalue weighted by molar-refractivity contribution is 0.0693. The van der Waals surface area contributed by atoms with E-state index in [1.54, 1.807) is 6.92 Å². The van der Waals surface area contributed by atoms with Crippen LogP contribution in [0.2, 0.25) is 5.02 Å². The van der Waals surface area contributed by atoms with Crippen molar-refractivity contribution < 1.29 is 18.8 Å². The molecule has 1 fully saturated rings. The van der Waals surface area contributed by atoms with Crippen molar-refractivity contribution >= 4 is 17.5 Å². The summed E-state index contributed by atoms with van der Waals surface area (Å²) in [6.45, 7) is 1.77. The molecule has 0 saturated carbocycles.